The Bertz CT molecular complexity index is 1100. The molecule has 1 heterocycles. The molecule has 1 fully saturated rings. The van der Waals surface area contributed by atoms with Crippen molar-refractivity contribution in [3.8, 4) is 17.2 Å². The van der Waals surface area contributed by atoms with Crippen molar-refractivity contribution in [1.82, 2.24) is 0 Å². The van der Waals surface area contributed by atoms with E-state index in [1.54, 1.807) is 45.6 Å². The van der Waals surface area contributed by atoms with Crippen LogP contribution in [-0.4, -0.2) is 27.2 Å². The van der Waals surface area contributed by atoms with Crippen molar-refractivity contribution in [2.75, 3.05) is 32.4 Å². The van der Waals surface area contributed by atoms with E-state index < -0.39 is 0 Å². The molecule has 1 aliphatic heterocycles. The summed E-state index contributed by atoms with van der Waals surface area (Å²) in [6, 6.07) is 18.5. The average molecular weight is 449 g/mol. The summed E-state index contributed by atoms with van der Waals surface area (Å²) in [4.78, 5) is 12.6. The van der Waals surface area contributed by atoms with Crippen LogP contribution in [0.3, 0.4) is 0 Å². The van der Waals surface area contributed by atoms with Crippen molar-refractivity contribution in [3.63, 3.8) is 0 Å². The van der Waals surface area contributed by atoms with Crippen LogP contribution in [0.1, 0.15) is 46.5 Å². The number of anilines is 2. The number of ether oxygens (including phenoxy) is 4. The minimum absolute atomic E-state index is 0.0593. The van der Waals surface area contributed by atoms with Gasteiger partial charge in [0, 0.05) is 5.56 Å². The van der Waals surface area contributed by atoms with E-state index in [1.807, 2.05) is 36.4 Å². The molecule has 0 spiro atoms. The zero-order valence-corrected chi connectivity index (χ0v) is 19.0. The first-order chi connectivity index (χ1) is 16.0. The molecule has 7 nitrogen and oxygen atoms in total. The van der Waals surface area contributed by atoms with Crippen LogP contribution in [0.25, 0.3) is 0 Å². The summed E-state index contributed by atoms with van der Waals surface area (Å²) >= 11 is 0. The topological polar surface area (TPSA) is 92.0 Å². The number of hydrogen-bond acceptors (Lipinski definition) is 6. The average Bonchev–Trinajstić information content (AvgIpc) is 3.35. The molecule has 1 amide bonds. The second-order valence-electron chi connectivity index (χ2n) is 7.81. The fourth-order valence-electron chi connectivity index (χ4n) is 4.07. The lowest BCUT2D eigenvalue weighted by atomic mass is 10.0. The number of benzene rings is 3. The molecule has 1 saturated heterocycles. The summed E-state index contributed by atoms with van der Waals surface area (Å²) in [5.41, 5.74) is 9.60. The lowest BCUT2D eigenvalue weighted by molar-refractivity contribution is 0.0438. The number of carbonyl (C=O) groups is 1. The molecule has 0 aliphatic carbocycles. The molecule has 7 heteroatoms. The van der Waals surface area contributed by atoms with Gasteiger partial charge in [-0.15, -0.1) is 0 Å². The number of nitrogens with two attached hydrogens (primary N) is 1. The fourth-order valence-corrected chi connectivity index (χ4v) is 4.07. The quantitative estimate of drug-likeness (QED) is 0.486. The van der Waals surface area contributed by atoms with Crippen molar-refractivity contribution < 1.29 is 23.7 Å². The molecule has 4 rings (SSSR count). The predicted octanol–water partition coefficient (Wildman–Crippen LogP) is 5.14. The molecule has 1 aliphatic rings. The first-order valence-electron chi connectivity index (χ1n) is 10.7. The fraction of sp³-hybridized carbons (Fsp3) is 0.269. The number of methoxy groups -OCH3 is 3. The van der Waals surface area contributed by atoms with E-state index in [1.165, 1.54) is 0 Å². The van der Waals surface area contributed by atoms with Gasteiger partial charge in [-0.2, -0.15) is 0 Å². The van der Waals surface area contributed by atoms with E-state index >= 15 is 0 Å². The second kappa shape index (κ2) is 9.83. The molecule has 33 heavy (non-hydrogen) atoms. The normalized spacial score (nSPS) is 17.4. The molecule has 3 N–H and O–H groups in total. The standard InChI is InChI=1S/C26H28N2O5/c1-30-23-14-18(15-24(31-2)25(23)32-3)22-13-12-21(33-22)16-8-10-17(11-9-16)26(29)28-20-7-5-4-6-19(20)27/h4-11,14-15,21-22H,12-13,27H2,1-3H3,(H,28,29)/t21-,22-/m0/s1. The van der Waals surface area contributed by atoms with Crippen molar-refractivity contribution in [2.24, 2.45) is 0 Å². The van der Waals surface area contributed by atoms with Crippen LogP contribution in [0.15, 0.2) is 60.7 Å². The molecule has 0 radical (unpaired) electrons. The van der Waals surface area contributed by atoms with Crippen LogP contribution >= 0.6 is 0 Å². The Morgan fingerprint density at radius 1 is 0.879 bits per heavy atom. The summed E-state index contributed by atoms with van der Waals surface area (Å²) in [6.45, 7) is 0. The molecule has 0 bridgehead atoms. The van der Waals surface area contributed by atoms with Crippen LogP contribution in [0.2, 0.25) is 0 Å². The Labute approximate surface area is 193 Å². The number of carbonyl (C=O) groups excluding carboxylic acids is 1. The molecule has 172 valence electrons. The van der Waals surface area contributed by atoms with E-state index in [-0.39, 0.29) is 18.1 Å². The highest BCUT2D eigenvalue weighted by molar-refractivity contribution is 6.05. The number of nitrogens with one attached hydrogen (secondary N) is 1. The van der Waals surface area contributed by atoms with Gasteiger partial charge in [0.2, 0.25) is 5.75 Å². The minimum atomic E-state index is -0.206. The predicted molar refractivity (Wildman–Crippen MR) is 127 cm³/mol. The number of nitrogen functional groups attached to an aromatic ring is 1. The summed E-state index contributed by atoms with van der Waals surface area (Å²) in [5, 5.41) is 2.85. The maximum atomic E-state index is 12.6. The van der Waals surface area contributed by atoms with Gasteiger partial charge in [-0.25, -0.2) is 0 Å². The lowest BCUT2D eigenvalue weighted by Crippen LogP contribution is -2.13. The van der Waals surface area contributed by atoms with Gasteiger partial charge >= 0.3 is 0 Å². The first kappa shape index (κ1) is 22.5. The zero-order chi connectivity index (χ0) is 23.4. The molecule has 0 aromatic heterocycles. The third-order valence-electron chi connectivity index (χ3n) is 5.83. The van der Waals surface area contributed by atoms with Gasteiger partial charge in [0.25, 0.3) is 5.91 Å². The van der Waals surface area contributed by atoms with Gasteiger partial charge in [-0.1, -0.05) is 24.3 Å². The van der Waals surface area contributed by atoms with Gasteiger partial charge in [0.1, 0.15) is 0 Å². The van der Waals surface area contributed by atoms with Crippen molar-refractivity contribution in [1.29, 1.82) is 0 Å². The maximum absolute atomic E-state index is 12.6. The number of para-hydroxylation sites is 2. The number of rotatable bonds is 7. The highest BCUT2D eigenvalue weighted by Gasteiger charge is 2.29. The number of hydrogen-bond donors (Lipinski definition) is 2. The van der Waals surface area contributed by atoms with Crippen LogP contribution in [0, 0.1) is 0 Å². The van der Waals surface area contributed by atoms with E-state index in [0.29, 0.717) is 34.2 Å². The summed E-state index contributed by atoms with van der Waals surface area (Å²) < 4.78 is 22.7. The van der Waals surface area contributed by atoms with Gasteiger partial charge in [0.15, 0.2) is 11.5 Å². The van der Waals surface area contributed by atoms with Gasteiger partial charge in [-0.3, -0.25) is 4.79 Å². The van der Waals surface area contributed by atoms with E-state index in [2.05, 4.69) is 5.32 Å². The Morgan fingerprint density at radius 2 is 1.48 bits per heavy atom. The van der Waals surface area contributed by atoms with Crippen LogP contribution < -0.4 is 25.3 Å². The molecule has 3 aromatic carbocycles. The van der Waals surface area contributed by atoms with Gasteiger partial charge in [-0.05, 0) is 60.4 Å². The highest BCUT2D eigenvalue weighted by Crippen LogP contribution is 2.46. The Kier molecular flexibility index (Phi) is 6.70. The van der Waals surface area contributed by atoms with Crippen molar-refractivity contribution in [3.05, 3.63) is 77.4 Å². The molecule has 3 aromatic rings. The Hall–Kier alpha value is -3.71. The SMILES string of the molecule is COc1cc([C@@H]2CC[C@@H](c3ccc(C(=O)Nc4ccccc4N)cc3)O2)cc(OC)c1OC. The molecular formula is C26H28N2O5. The Morgan fingerprint density at radius 3 is 2.06 bits per heavy atom. The van der Waals surface area contributed by atoms with Gasteiger partial charge in [0.05, 0.1) is 44.9 Å². The van der Waals surface area contributed by atoms with E-state index in [9.17, 15) is 4.79 Å². The summed E-state index contributed by atoms with van der Waals surface area (Å²) in [5.74, 6) is 1.56. The van der Waals surface area contributed by atoms with E-state index in [4.69, 9.17) is 24.7 Å². The Balaban J connectivity index is 1.45. The van der Waals surface area contributed by atoms with Crippen LogP contribution in [0.4, 0.5) is 11.4 Å². The van der Waals surface area contributed by atoms with Crippen molar-refractivity contribution >= 4 is 17.3 Å². The first-order valence-corrected chi connectivity index (χ1v) is 10.7. The third kappa shape index (κ3) is 4.73. The molecular weight excluding hydrogens is 420 g/mol. The molecule has 2 atom stereocenters. The second-order valence-corrected chi connectivity index (χ2v) is 7.81. The highest BCUT2D eigenvalue weighted by atomic mass is 16.5. The summed E-state index contributed by atoms with van der Waals surface area (Å²) in [6.07, 6.45) is 1.58. The van der Waals surface area contributed by atoms with Crippen LogP contribution in [0.5, 0.6) is 17.2 Å². The zero-order valence-electron chi connectivity index (χ0n) is 19.0. The smallest absolute Gasteiger partial charge is 0.255 e. The monoisotopic (exact) mass is 448 g/mol. The number of amides is 1. The molecule has 0 unspecified atom stereocenters. The van der Waals surface area contributed by atoms with Crippen molar-refractivity contribution in [2.45, 2.75) is 25.0 Å². The minimum Gasteiger partial charge on any atom is -0.493 e. The largest absolute Gasteiger partial charge is 0.493 e. The lowest BCUT2D eigenvalue weighted by Gasteiger charge is -2.18. The van der Waals surface area contributed by atoms with Crippen LogP contribution in [-0.2, 0) is 4.74 Å². The third-order valence-corrected chi connectivity index (χ3v) is 5.83. The van der Waals surface area contributed by atoms with Gasteiger partial charge < -0.3 is 30.0 Å². The van der Waals surface area contributed by atoms with E-state index in [0.717, 1.165) is 24.0 Å². The summed E-state index contributed by atoms with van der Waals surface area (Å²) in [7, 11) is 4.79. The molecule has 0 saturated carbocycles. The maximum Gasteiger partial charge on any atom is 0.255 e.